The second kappa shape index (κ2) is 15.6. The molecule has 0 aromatic carbocycles. The number of rotatable bonds is 17. The van der Waals surface area contributed by atoms with Gasteiger partial charge in [-0.25, -0.2) is 0 Å². The number of aliphatic hydroxyl groups is 3. The van der Waals surface area contributed by atoms with Crippen LogP contribution in [0, 0.1) is 0 Å². The average molecular weight is 478 g/mol. The molecule has 0 bridgehead atoms. The van der Waals surface area contributed by atoms with Crippen molar-refractivity contribution in [1.29, 1.82) is 0 Å². The van der Waals surface area contributed by atoms with Crippen LogP contribution in [0.5, 0.6) is 0 Å². The molecule has 0 aromatic heterocycles. The van der Waals surface area contributed by atoms with Crippen molar-refractivity contribution in [1.82, 2.24) is 16.0 Å². The number of hydrogen-bond acceptors (Lipinski definition) is 10. The Morgan fingerprint density at radius 2 is 1.70 bits per heavy atom. The lowest BCUT2D eigenvalue weighted by Gasteiger charge is -2.30. The highest BCUT2D eigenvalue weighted by Gasteiger charge is 2.34. The molecule has 1 unspecified atom stereocenters. The standard InChI is InChI=1S/C18H30N4O11/c1-9(25)21-11(6-23)17(16(31)12(26)7-24)33-8-14(28)20-5-4-13(27)22-10(18(19)32)2-3-15(29)30/h6,10-12,16-17,24,26,31H,2-5,7-8H2,1H3,(H2,19,32)(H,20,28)(H,21,25)(H,22,27)(H,29,30)/t10?,11-,12+,16+,17+/m0/s1. The minimum absolute atomic E-state index is 0.202. The van der Waals surface area contributed by atoms with Gasteiger partial charge in [0, 0.05) is 26.3 Å². The number of carboxylic acids is 1. The molecule has 0 spiro atoms. The first-order valence-corrected chi connectivity index (χ1v) is 9.81. The highest BCUT2D eigenvalue weighted by molar-refractivity contribution is 5.87. The third-order valence-corrected chi connectivity index (χ3v) is 4.20. The molecule has 0 radical (unpaired) electrons. The van der Waals surface area contributed by atoms with E-state index in [2.05, 4.69) is 16.0 Å². The van der Waals surface area contributed by atoms with Crippen LogP contribution in [0.25, 0.3) is 0 Å². The maximum absolute atomic E-state index is 12.0. The summed E-state index contributed by atoms with van der Waals surface area (Å²) in [4.78, 5) is 68.1. The second-order valence-electron chi connectivity index (χ2n) is 6.93. The van der Waals surface area contributed by atoms with Gasteiger partial charge in [-0.1, -0.05) is 0 Å². The van der Waals surface area contributed by atoms with Crippen LogP contribution in [-0.2, 0) is 33.5 Å². The van der Waals surface area contributed by atoms with Crippen molar-refractivity contribution in [2.24, 2.45) is 5.73 Å². The fourth-order valence-corrected chi connectivity index (χ4v) is 2.53. The summed E-state index contributed by atoms with van der Waals surface area (Å²) in [6.45, 7) is -0.751. The summed E-state index contributed by atoms with van der Waals surface area (Å²) in [6, 6.07) is -2.63. The Morgan fingerprint density at radius 1 is 1.06 bits per heavy atom. The molecule has 0 aliphatic rings. The number of nitrogens with two attached hydrogens (primary N) is 1. The van der Waals surface area contributed by atoms with Crippen LogP contribution in [0.3, 0.4) is 0 Å². The lowest BCUT2D eigenvalue weighted by molar-refractivity contribution is -0.145. The molecule has 188 valence electrons. The van der Waals surface area contributed by atoms with Gasteiger partial charge in [-0.3, -0.25) is 24.0 Å². The molecule has 33 heavy (non-hydrogen) atoms. The SMILES string of the molecule is CC(=O)N[C@@H](C=O)[C@@H](OCC(=O)NCCC(=O)NC(CCC(=O)O)C(N)=O)[C@H](O)[C@H](O)CO. The van der Waals surface area contributed by atoms with Crippen molar-refractivity contribution >= 4 is 35.9 Å². The smallest absolute Gasteiger partial charge is 0.303 e. The number of hydrogen-bond donors (Lipinski definition) is 8. The Bertz CT molecular complexity index is 703. The fourth-order valence-electron chi connectivity index (χ4n) is 2.53. The van der Waals surface area contributed by atoms with Gasteiger partial charge in [0.25, 0.3) is 0 Å². The third kappa shape index (κ3) is 12.5. The van der Waals surface area contributed by atoms with Crippen molar-refractivity contribution in [3.63, 3.8) is 0 Å². The van der Waals surface area contributed by atoms with Gasteiger partial charge in [0.1, 0.15) is 43.3 Å². The number of primary amides is 1. The number of carbonyl (C=O) groups is 6. The van der Waals surface area contributed by atoms with Crippen molar-refractivity contribution in [3.8, 4) is 0 Å². The molecule has 5 atom stereocenters. The normalized spacial score (nSPS) is 15.3. The Kier molecular flexibility index (Phi) is 14.1. The zero-order valence-corrected chi connectivity index (χ0v) is 17.9. The first-order chi connectivity index (χ1) is 15.4. The largest absolute Gasteiger partial charge is 0.481 e. The second-order valence-corrected chi connectivity index (χ2v) is 6.93. The molecular formula is C18H30N4O11. The van der Waals surface area contributed by atoms with Gasteiger partial charge in [-0.05, 0) is 6.42 Å². The molecule has 9 N–H and O–H groups in total. The van der Waals surface area contributed by atoms with Gasteiger partial charge in [-0.15, -0.1) is 0 Å². The molecule has 0 rings (SSSR count). The third-order valence-electron chi connectivity index (χ3n) is 4.20. The number of ether oxygens (including phenoxy) is 1. The van der Waals surface area contributed by atoms with Crippen LogP contribution in [0.1, 0.15) is 26.2 Å². The zero-order valence-electron chi connectivity index (χ0n) is 17.9. The first-order valence-electron chi connectivity index (χ1n) is 9.81. The molecule has 0 aliphatic carbocycles. The molecule has 0 aliphatic heterocycles. The molecule has 0 aromatic rings. The monoisotopic (exact) mass is 478 g/mol. The zero-order chi connectivity index (χ0) is 25.6. The number of aliphatic carboxylic acids is 1. The Hall–Kier alpha value is -3.14. The summed E-state index contributed by atoms with van der Waals surface area (Å²) in [6.07, 6.45) is -5.79. The maximum Gasteiger partial charge on any atom is 0.303 e. The van der Waals surface area contributed by atoms with E-state index in [4.69, 9.17) is 20.7 Å². The Balaban J connectivity index is 4.73. The van der Waals surface area contributed by atoms with Crippen LogP contribution < -0.4 is 21.7 Å². The van der Waals surface area contributed by atoms with Crippen LogP contribution in [0.4, 0.5) is 0 Å². The highest BCUT2D eigenvalue weighted by atomic mass is 16.5. The highest BCUT2D eigenvalue weighted by Crippen LogP contribution is 2.09. The van der Waals surface area contributed by atoms with Crippen molar-refractivity contribution in [3.05, 3.63) is 0 Å². The van der Waals surface area contributed by atoms with Gasteiger partial charge >= 0.3 is 5.97 Å². The van der Waals surface area contributed by atoms with Gasteiger partial charge in [0.15, 0.2) is 0 Å². The van der Waals surface area contributed by atoms with E-state index >= 15 is 0 Å². The van der Waals surface area contributed by atoms with E-state index < -0.39 is 73.2 Å². The molecule has 0 saturated carbocycles. The Labute approximate surface area is 188 Å². The van der Waals surface area contributed by atoms with Gasteiger partial charge < -0.3 is 51.6 Å². The molecule has 15 nitrogen and oxygen atoms in total. The van der Waals surface area contributed by atoms with Gasteiger partial charge in [0.2, 0.25) is 23.6 Å². The van der Waals surface area contributed by atoms with E-state index in [0.29, 0.717) is 0 Å². The van der Waals surface area contributed by atoms with E-state index in [1.165, 1.54) is 0 Å². The summed E-state index contributed by atoms with van der Waals surface area (Å²) in [5.74, 6) is -4.21. The van der Waals surface area contributed by atoms with E-state index in [0.717, 1.165) is 6.92 Å². The van der Waals surface area contributed by atoms with Crippen molar-refractivity contribution < 1.29 is 53.9 Å². The fraction of sp³-hybridized carbons (Fsp3) is 0.667. The van der Waals surface area contributed by atoms with Crippen LogP contribution in [-0.4, -0.2) is 106 Å². The number of aliphatic hydroxyl groups excluding tert-OH is 3. The topological polar surface area (TPSA) is 255 Å². The molecular weight excluding hydrogens is 448 g/mol. The summed E-state index contributed by atoms with van der Waals surface area (Å²) < 4.78 is 5.15. The molecule has 0 saturated heterocycles. The lowest BCUT2D eigenvalue weighted by atomic mass is 10.0. The van der Waals surface area contributed by atoms with Crippen LogP contribution in [0.15, 0.2) is 0 Å². The van der Waals surface area contributed by atoms with E-state index in [1.807, 2.05) is 0 Å². The molecule has 0 fully saturated rings. The quantitative estimate of drug-likeness (QED) is 0.0919. The summed E-state index contributed by atoms with van der Waals surface area (Å²) >= 11 is 0. The molecule has 4 amide bonds. The van der Waals surface area contributed by atoms with Crippen LogP contribution >= 0.6 is 0 Å². The average Bonchev–Trinajstić information content (AvgIpc) is 2.74. The van der Waals surface area contributed by atoms with Gasteiger partial charge in [-0.2, -0.15) is 0 Å². The predicted octanol–water partition coefficient (Wildman–Crippen LogP) is -4.87. The van der Waals surface area contributed by atoms with Crippen molar-refractivity contribution in [2.45, 2.75) is 56.6 Å². The number of carbonyl (C=O) groups excluding carboxylic acids is 5. The number of carboxylic acid groups (broad SMARTS) is 1. The molecule has 0 heterocycles. The number of aldehydes is 1. The van der Waals surface area contributed by atoms with E-state index in [9.17, 15) is 39.0 Å². The van der Waals surface area contributed by atoms with Gasteiger partial charge in [0.05, 0.1) is 6.61 Å². The van der Waals surface area contributed by atoms with Crippen LogP contribution in [0.2, 0.25) is 0 Å². The molecule has 15 heteroatoms. The predicted molar refractivity (Wildman–Crippen MR) is 108 cm³/mol. The number of nitrogens with one attached hydrogen (secondary N) is 3. The number of amides is 4. The van der Waals surface area contributed by atoms with E-state index in [-0.39, 0.29) is 32.1 Å². The minimum Gasteiger partial charge on any atom is -0.481 e. The maximum atomic E-state index is 12.0. The summed E-state index contributed by atoms with van der Waals surface area (Å²) in [7, 11) is 0. The lowest BCUT2D eigenvalue weighted by Crippen LogP contribution is -2.55. The summed E-state index contributed by atoms with van der Waals surface area (Å²) in [5, 5.41) is 44.0. The van der Waals surface area contributed by atoms with Crippen molar-refractivity contribution in [2.75, 3.05) is 19.8 Å². The Morgan fingerprint density at radius 3 is 2.18 bits per heavy atom. The summed E-state index contributed by atoms with van der Waals surface area (Å²) in [5.41, 5.74) is 5.10. The minimum atomic E-state index is -1.83. The first kappa shape index (κ1) is 29.9. The van der Waals surface area contributed by atoms with E-state index in [1.54, 1.807) is 0 Å².